The van der Waals surface area contributed by atoms with Gasteiger partial charge in [-0.15, -0.1) is 0 Å². The highest BCUT2D eigenvalue weighted by molar-refractivity contribution is 5.98. The molecule has 5 nitrogen and oxygen atoms in total. The van der Waals surface area contributed by atoms with Crippen molar-refractivity contribution in [1.29, 1.82) is 0 Å². The summed E-state index contributed by atoms with van der Waals surface area (Å²) in [6.45, 7) is 1.89. The lowest BCUT2D eigenvalue weighted by molar-refractivity contribution is 0.0954. The van der Waals surface area contributed by atoms with Gasteiger partial charge in [0.05, 0.1) is 6.54 Å². The first-order valence-corrected chi connectivity index (χ1v) is 10.8. The maximum absolute atomic E-state index is 14.0. The van der Waals surface area contributed by atoms with Crippen LogP contribution in [0.5, 0.6) is 0 Å². The number of nitrogens with zero attached hydrogens (tertiary/aromatic N) is 2. The number of urea groups is 1. The minimum absolute atomic E-state index is 0.171. The third kappa shape index (κ3) is 5.14. The van der Waals surface area contributed by atoms with Gasteiger partial charge in [0.15, 0.2) is 0 Å². The van der Waals surface area contributed by atoms with E-state index in [4.69, 9.17) is 0 Å². The molecule has 3 aromatic rings. The number of anilines is 1. The first-order chi connectivity index (χ1) is 15.6. The Hall–Kier alpha value is -3.67. The Kier molecular flexibility index (Phi) is 6.80. The first kappa shape index (κ1) is 21.6. The van der Waals surface area contributed by atoms with Crippen LogP contribution in [0.15, 0.2) is 78.9 Å². The van der Waals surface area contributed by atoms with Crippen LogP contribution in [-0.2, 0) is 13.0 Å². The normalized spacial score (nSPS) is 13.8. The summed E-state index contributed by atoms with van der Waals surface area (Å²) in [6.07, 6.45) is 1.52. The van der Waals surface area contributed by atoms with Crippen molar-refractivity contribution in [2.24, 2.45) is 0 Å². The molecule has 0 unspecified atom stereocenters. The molecule has 4 rings (SSSR count). The van der Waals surface area contributed by atoms with E-state index < -0.39 is 0 Å². The highest BCUT2D eigenvalue weighted by Crippen LogP contribution is 2.23. The second kappa shape index (κ2) is 10.1. The van der Waals surface area contributed by atoms with E-state index in [-0.39, 0.29) is 24.3 Å². The van der Waals surface area contributed by atoms with Gasteiger partial charge >= 0.3 is 6.03 Å². The largest absolute Gasteiger partial charge is 0.352 e. The fourth-order valence-electron chi connectivity index (χ4n) is 3.88. The predicted octanol–water partition coefficient (Wildman–Crippen LogP) is 4.63. The summed E-state index contributed by atoms with van der Waals surface area (Å²) in [6, 6.07) is 23.4. The smallest absolute Gasteiger partial charge is 0.324 e. The van der Waals surface area contributed by atoms with Crippen molar-refractivity contribution >= 4 is 17.6 Å². The van der Waals surface area contributed by atoms with E-state index in [0.717, 1.165) is 18.4 Å². The quantitative estimate of drug-likeness (QED) is 0.593. The molecule has 1 fully saturated rings. The maximum atomic E-state index is 14.0. The Labute approximate surface area is 187 Å². The molecule has 0 spiro atoms. The van der Waals surface area contributed by atoms with Gasteiger partial charge in [0.25, 0.3) is 5.91 Å². The number of carbonyl (C=O) groups excluding carboxylic acids is 2. The van der Waals surface area contributed by atoms with Crippen molar-refractivity contribution in [3.05, 3.63) is 101 Å². The highest BCUT2D eigenvalue weighted by Gasteiger charge is 2.27. The van der Waals surface area contributed by atoms with E-state index in [9.17, 15) is 14.0 Å². The molecule has 6 heteroatoms. The third-order valence-electron chi connectivity index (χ3n) is 5.59. The molecule has 32 heavy (non-hydrogen) atoms. The van der Waals surface area contributed by atoms with Gasteiger partial charge in [0, 0.05) is 36.4 Å². The van der Waals surface area contributed by atoms with Crippen LogP contribution in [0, 0.1) is 5.82 Å². The van der Waals surface area contributed by atoms with Crippen molar-refractivity contribution in [2.45, 2.75) is 19.4 Å². The van der Waals surface area contributed by atoms with Crippen LogP contribution in [0.2, 0.25) is 0 Å². The zero-order valence-corrected chi connectivity index (χ0v) is 17.8. The second-order valence-electron chi connectivity index (χ2n) is 7.84. The molecule has 0 saturated carbocycles. The minimum atomic E-state index is -0.313. The molecular formula is C26H26FN3O2. The van der Waals surface area contributed by atoms with Crippen LogP contribution < -0.4 is 10.2 Å². The number of hydrogen-bond donors (Lipinski definition) is 1. The Morgan fingerprint density at radius 3 is 2.53 bits per heavy atom. The number of halogens is 1. The van der Waals surface area contributed by atoms with Crippen molar-refractivity contribution in [2.75, 3.05) is 24.5 Å². The number of nitrogens with one attached hydrogen (secondary N) is 1. The third-order valence-corrected chi connectivity index (χ3v) is 5.59. The summed E-state index contributed by atoms with van der Waals surface area (Å²) in [5.74, 6) is -0.484. The predicted molar refractivity (Wildman–Crippen MR) is 123 cm³/mol. The average molecular weight is 432 g/mol. The standard InChI is InChI=1S/C26H26FN3O2/c27-24-13-5-4-10-22(24)19-29-16-7-17-30(26(29)32)23-12-6-11-21(18-23)25(31)28-15-14-20-8-2-1-3-9-20/h1-6,8-13,18H,7,14-17,19H2,(H,28,31). The van der Waals surface area contributed by atoms with Crippen LogP contribution in [-0.4, -0.2) is 36.5 Å². The van der Waals surface area contributed by atoms with Crippen molar-refractivity contribution in [3.8, 4) is 0 Å². The Morgan fingerprint density at radius 2 is 1.72 bits per heavy atom. The molecule has 3 aromatic carbocycles. The van der Waals surface area contributed by atoms with Gasteiger partial charge in [-0.25, -0.2) is 9.18 Å². The number of hydrogen-bond acceptors (Lipinski definition) is 2. The summed E-state index contributed by atoms with van der Waals surface area (Å²) < 4.78 is 14.0. The fraction of sp³-hybridized carbons (Fsp3) is 0.231. The Balaban J connectivity index is 1.41. The molecule has 1 aliphatic heterocycles. The molecule has 3 amide bonds. The molecule has 0 bridgehead atoms. The number of benzene rings is 3. The number of carbonyl (C=O) groups is 2. The molecule has 0 aliphatic carbocycles. The number of amides is 3. The lowest BCUT2D eigenvalue weighted by atomic mass is 10.1. The number of rotatable bonds is 7. The fourth-order valence-corrected chi connectivity index (χ4v) is 3.88. The molecule has 1 aliphatic rings. The summed E-state index contributed by atoms with van der Waals surface area (Å²) in [4.78, 5) is 29.0. The van der Waals surface area contributed by atoms with Crippen molar-refractivity contribution in [1.82, 2.24) is 10.2 Å². The summed E-state index contributed by atoms with van der Waals surface area (Å²) >= 11 is 0. The van der Waals surface area contributed by atoms with Gasteiger partial charge in [-0.3, -0.25) is 9.69 Å². The molecule has 164 valence electrons. The van der Waals surface area contributed by atoms with Crippen LogP contribution >= 0.6 is 0 Å². The zero-order valence-electron chi connectivity index (χ0n) is 17.8. The van der Waals surface area contributed by atoms with Gasteiger partial charge < -0.3 is 10.2 Å². The van der Waals surface area contributed by atoms with Gasteiger partial charge in [-0.05, 0) is 42.7 Å². The molecule has 0 aromatic heterocycles. The highest BCUT2D eigenvalue weighted by atomic mass is 19.1. The van der Waals surface area contributed by atoms with E-state index in [0.29, 0.717) is 36.4 Å². The van der Waals surface area contributed by atoms with E-state index in [1.165, 1.54) is 6.07 Å². The molecule has 0 radical (unpaired) electrons. The van der Waals surface area contributed by atoms with Gasteiger partial charge in [0.1, 0.15) is 5.82 Å². The average Bonchev–Trinajstić information content (AvgIpc) is 2.82. The van der Waals surface area contributed by atoms with Crippen molar-refractivity contribution in [3.63, 3.8) is 0 Å². The monoisotopic (exact) mass is 431 g/mol. The van der Waals surface area contributed by atoms with Crippen LogP contribution in [0.4, 0.5) is 14.9 Å². The van der Waals surface area contributed by atoms with Gasteiger partial charge in [-0.1, -0.05) is 54.6 Å². The minimum Gasteiger partial charge on any atom is -0.352 e. The second-order valence-corrected chi connectivity index (χ2v) is 7.84. The first-order valence-electron chi connectivity index (χ1n) is 10.8. The molecular weight excluding hydrogens is 405 g/mol. The van der Waals surface area contributed by atoms with E-state index in [1.54, 1.807) is 46.2 Å². The lowest BCUT2D eigenvalue weighted by Crippen LogP contribution is -2.49. The SMILES string of the molecule is O=C(NCCc1ccccc1)c1cccc(N2CCCN(Cc3ccccc3F)C2=O)c1. The summed E-state index contributed by atoms with van der Waals surface area (Å²) in [5.41, 5.74) is 2.84. The van der Waals surface area contributed by atoms with Crippen LogP contribution in [0.25, 0.3) is 0 Å². The molecule has 1 heterocycles. The van der Waals surface area contributed by atoms with Gasteiger partial charge in [0.2, 0.25) is 0 Å². The van der Waals surface area contributed by atoms with Crippen molar-refractivity contribution < 1.29 is 14.0 Å². The van der Waals surface area contributed by atoms with E-state index in [1.807, 2.05) is 36.4 Å². The molecule has 1 saturated heterocycles. The Morgan fingerprint density at radius 1 is 0.938 bits per heavy atom. The van der Waals surface area contributed by atoms with Gasteiger partial charge in [-0.2, -0.15) is 0 Å². The Bertz CT molecular complexity index is 1090. The lowest BCUT2D eigenvalue weighted by Gasteiger charge is -2.36. The van der Waals surface area contributed by atoms with E-state index >= 15 is 0 Å². The molecule has 0 atom stereocenters. The summed E-state index contributed by atoms with van der Waals surface area (Å²) in [7, 11) is 0. The van der Waals surface area contributed by atoms with E-state index in [2.05, 4.69) is 5.32 Å². The summed E-state index contributed by atoms with van der Waals surface area (Å²) in [5, 5.41) is 2.94. The topological polar surface area (TPSA) is 52.7 Å². The zero-order chi connectivity index (χ0) is 22.3. The van der Waals surface area contributed by atoms with Crippen LogP contribution in [0.1, 0.15) is 27.9 Å². The van der Waals surface area contributed by atoms with Crippen LogP contribution in [0.3, 0.4) is 0 Å². The maximum Gasteiger partial charge on any atom is 0.324 e. The molecule has 1 N–H and O–H groups in total.